The molecule has 6 rings (SSSR count). The van der Waals surface area contributed by atoms with Gasteiger partial charge in [0.1, 0.15) is 5.75 Å². The van der Waals surface area contributed by atoms with E-state index in [1.165, 1.54) is 0 Å². The molecule has 0 saturated carbocycles. The third-order valence-corrected chi connectivity index (χ3v) is 6.62. The van der Waals surface area contributed by atoms with Gasteiger partial charge < -0.3 is 29.8 Å². The minimum absolute atomic E-state index is 0.0248. The standard InChI is InChI=1S/C26H26N6O3/c1-26(34)8-11-31(12-9-26)19-5-3-18(4-6-19)28-24-25-27-10-13-32(25)15-21(30-24)17-2-7-22-20(14-17)29-23(33)16-35-22/h2-7,10,13-15,34H,8-9,11-12,16H2,1H3,(H,28,30)(H,29,33). The lowest BCUT2D eigenvalue weighted by Gasteiger charge is -2.37. The van der Waals surface area contributed by atoms with Gasteiger partial charge in [0.15, 0.2) is 18.1 Å². The number of hydrogen-bond donors (Lipinski definition) is 3. The molecule has 9 heteroatoms. The smallest absolute Gasteiger partial charge is 0.262 e. The SMILES string of the molecule is CC1(O)CCN(c2ccc(Nc3nc(-c4ccc5c(c4)NC(=O)CO5)cn4ccnc34)cc2)CC1. The molecule has 35 heavy (non-hydrogen) atoms. The highest BCUT2D eigenvalue weighted by molar-refractivity contribution is 5.96. The maximum atomic E-state index is 11.7. The van der Waals surface area contributed by atoms with E-state index in [4.69, 9.17) is 9.72 Å². The van der Waals surface area contributed by atoms with Crippen LogP contribution in [0.5, 0.6) is 5.75 Å². The number of carbonyl (C=O) groups is 1. The fourth-order valence-electron chi connectivity index (χ4n) is 4.54. The first-order valence-electron chi connectivity index (χ1n) is 11.7. The molecule has 0 atom stereocenters. The normalized spacial score (nSPS) is 17.0. The lowest BCUT2D eigenvalue weighted by molar-refractivity contribution is -0.118. The molecule has 2 aliphatic heterocycles. The van der Waals surface area contributed by atoms with Gasteiger partial charge in [0.2, 0.25) is 0 Å². The van der Waals surface area contributed by atoms with Crippen molar-refractivity contribution >= 4 is 34.4 Å². The van der Waals surface area contributed by atoms with Crippen LogP contribution in [0.1, 0.15) is 19.8 Å². The number of carbonyl (C=O) groups excluding carboxylic acids is 1. The Morgan fingerprint density at radius 3 is 2.74 bits per heavy atom. The Balaban J connectivity index is 1.27. The van der Waals surface area contributed by atoms with Gasteiger partial charge in [-0.3, -0.25) is 4.79 Å². The van der Waals surface area contributed by atoms with Crippen LogP contribution in [0, 0.1) is 0 Å². The van der Waals surface area contributed by atoms with E-state index >= 15 is 0 Å². The Labute approximate surface area is 202 Å². The van der Waals surface area contributed by atoms with E-state index in [2.05, 4.69) is 32.7 Å². The Kier molecular flexibility index (Phi) is 5.07. The zero-order chi connectivity index (χ0) is 24.0. The number of anilines is 4. The van der Waals surface area contributed by atoms with Gasteiger partial charge in [-0.05, 0) is 62.2 Å². The predicted octanol–water partition coefficient (Wildman–Crippen LogP) is 3.82. The molecule has 0 unspecified atom stereocenters. The first-order valence-corrected chi connectivity index (χ1v) is 11.7. The summed E-state index contributed by atoms with van der Waals surface area (Å²) in [6.45, 7) is 3.61. The molecule has 0 aliphatic carbocycles. The summed E-state index contributed by atoms with van der Waals surface area (Å²) in [5.74, 6) is 1.11. The molecule has 2 aromatic carbocycles. The maximum Gasteiger partial charge on any atom is 0.262 e. The predicted molar refractivity (Wildman–Crippen MR) is 134 cm³/mol. The van der Waals surface area contributed by atoms with Crippen molar-refractivity contribution in [3.05, 3.63) is 61.1 Å². The number of hydrogen-bond acceptors (Lipinski definition) is 7. The van der Waals surface area contributed by atoms with Crippen molar-refractivity contribution in [1.82, 2.24) is 14.4 Å². The number of amides is 1. The van der Waals surface area contributed by atoms with Crippen LogP contribution >= 0.6 is 0 Å². The van der Waals surface area contributed by atoms with Crippen LogP contribution < -0.4 is 20.3 Å². The van der Waals surface area contributed by atoms with Crippen molar-refractivity contribution in [3.63, 3.8) is 0 Å². The first-order chi connectivity index (χ1) is 16.9. The van der Waals surface area contributed by atoms with Crippen LogP contribution in [0.15, 0.2) is 61.1 Å². The minimum atomic E-state index is -0.569. The number of aliphatic hydroxyl groups is 1. The van der Waals surface area contributed by atoms with Gasteiger partial charge in [-0.1, -0.05) is 0 Å². The Hall–Kier alpha value is -4.11. The molecule has 1 fully saturated rings. The van der Waals surface area contributed by atoms with Gasteiger partial charge in [0.05, 0.1) is 17.0 Å². The molecule has 0 radical (unpaired) electrons. The molecule has 178 valence electrons. The summed E-state index contributed by atoms with van der Waals surface area (Å²) in [6, 6.07) is 13.9. The zero-order valence-electron chi connectivity index (χ0n) is 19.4. The highest BCUT2D eigenvalue weighted by Gasteiger charge is 2.27. The number of nitrogens with one attached hydrogen (secondary N) is 2. The number of benzene rings is 2. The van der Waals surface area contributed by atoms with Crippen LogP contribution in [0.3, 0.4) is 0 Å². The average Bonchev–Trinajstić information content (AvgIpc) is 3.33. The van der Waals surface area contributed by atoms with E-state index in [1.54, 1.807) is 6.20 Å². The zero-order valence-corrected chi connectivity index (χ0v) is 19.4. The third-order valence-electron chi connectivity index (χ3n) is 6.62. The molecule has 3 N–H and O–H groups in total. The summed E-state index contributed by atoms with van der Waals surface area (Å²) >= 11 is 0. The summed E-state index contributed by atoms with van der Waals surface area (Å²) in [5.41, 5.74) is 4.40. The molecule has 0 spiro atoms. The quantitative estimate of drug-likeness (QED) is 0.417. The van der Waals surface area contributed by atoms with Crippen molar-refractivity contribution in [2.24, 2.45) is 0 Å². The van der Waals surface area contributed by atoms with Crippen LogP contribution in [-0.2, 0) is 4.79 Å². The summed E-state index contributed by atoms with van der Waals surface area (Å²) < 4.78 is 7.40. The maximum absolute atomic E-state index is 11.7. The Bertz CT molecular complexity index is 1400. The van der Waals surface area contributed by atoms with Crippen LogP contribution in [0.2, 0.25) is 0 Å². The van der Waals surface area contributed by atoms with Gasteiger partial charge in [-0.2, -0.15) is 0 Å². The van der Waals surface area contributed by atoms with Crippen LogP contribution in [-0.4, -0.2) is 50.7 Å². The van der Waals surface area contributed by atoms with Crippen molar-refractivity contribution in [3.8, 4) is 17.0 Å². The molecule has 4 aromatic rings. The van der Waals surface area contributed by atoms with Gasteiger partial charge in [-0.25, -0.2) is 9.97 Å². The van der Waals surface area contributed by atoms with E-state index in [0.29, 0.717) is 22.9 Å². The van der Waals surface area contributed by atoms with Crippen molar-refractivity contribution in [2.45, 2.75) is 25.4 Å². The fraction of sp³-hybridized carbons (Fsp3) is 0.269. The molecule has 1 saturated heterocycles. The second-order valence-corrected chi connectivity index (χ2v) is 9.34. The summed E-state index contributed by atoms with van der Waals surface area (Å²) in [5, 5.41) is 16.5. The lowest BCUT2D eigenvalue weighted by Crippen LogP contribution is -2.42. The highest BCUT2D eigenvalue weighted by Crippen LogP contribution is 2.33. The molecule has 1 amide bonds. The lowest BCUT2D eigenvalue weighted by atomic mass is 9.93. The van der Waals surface area contributed by atoms with Crippen molar-refractivity contribution < 1.29 is 14.6 Å². The molecule has 0 bridgehead atoms. The van der Waals surface area contributed by atoms with E-state index in [-0.39, 0.29) is 12.5 Å². The molecule has 9 nitrogen and oxygen atoms in total. The summed E-state index contributed by atoms with van der Waals surface area (Å²) in [6.07, 6.45) is 7.06. The molecular weight excluding hydrogens is 444 g/mol. The topological polar surface area (TPSA) is 104 Å². The monoisotopic (exact) mass is 470 g/mol. The second-order valence-electron chi connectivity index (χ2n) is 9.34. The molecular formula is C26H26N6O3. The van der Waals surface area contributed by atoms with Crippen molar-refractivity contribution in [2.75, 3.05) is 35.2 Å². The number of rotatable bonds is 4. The molecule has 2 aliphatic rings. The second kappa shape index (κ2) is 8.28. The van der Waals surface area contributed by atoms with E-state index in [9.17, 15) is 9.90 Å². The molecule has 4 heterocycles. The van der Waals surface area contributed by atoms with Gasteiger partial charge in [0.25, 0.3) is 5.91 Å². The van der Waals surface area contributed by atoms with Gasteiger partial charge in [0, 0.05) is 48.6 Å². The average molecular weight is 471 g/mol. The fourth-order valence-corrected chi connectivity index (χ4v) is 4.54. The highest BCUT2D eigenvalue weighted by atomic mass is 16.5. The third kappa shape index (κ3) is 4.26. The number of nitrogens with zero attached hydrogens (tertiary/aromatic N) is 4. The van der Waals surface area contributed by atoms with Gasteiger partial charge in [-0.15, -0.1) is 0 Å². The molecule has 2 aromatic heterocycles. The van der Waals surface area contributed by atoms with Crippen LogP contribution in [0.25, 0.3) is 16.9 Å². The van der Waals surface area contributed by atoms with E-state index in [1.807, 2.05) is 54.0 Å². The van der Waals surface area contributed by atoms with Crippen molar-refractivity contribution in [1.29, 1.82) is 0 Å². The minimum Gasteiger partial charge on any atom is -0.482 e. The Morgan fingerprint density at radius 1 is 1.14 bits per heavy atom. The number of fused-ring (bicyclic) bond motifs is 2. The number of piperidine rings is 1. The van der Waals surface area contributed by atoms with E-state index in [0.717, 1.165) is 48.6 Å². The summed E-state index contributed by atoms with van der Waals surface area (Å²) in [4.78, 5) is 23.3. The van der Waals surface area contributed by atoms with Gasteiger partial charge >= 0.3 is 0 Å². The first kappa shape index (κ1) is 21.4. The largest absolute Gasteiger partial charge is 0.482 e. The number of aromatic nitrogens is 3. The van der Waals surface area contributed by atoms with Crippen LogP contribution in [0.4, 0.5) is 22.9 Å². The summed E-state index contributed by atoms with van der Waals surface area (Å²) in [7, 11) is 0. The number of ether oxygens (including phenoxy) is 1. The van der Waals surface area contributed by atoms with E-state index < -0.39 is 5.60 Å². The number of imidazole rings is 1. The Morgan fingerprint density at radius 2 is 1.94 bits per heavy atom.